The molecule has 0 saturated heterocycles. The first-order valence-electron chi connectivity index (χ1n) is 10.7. The van der Waals surface area contributed by atoms with Crippen molar-refractivity contribution in [2.45, 2.75) is 42.5 Å². The molecule has 0 amide bonds. The number of pyridine rings is 1. The van der Waals surface area contributed by atoms with Gasteiger partial charge < -0.3 is 9.62 Å². The van der Waals surface area contributed by atoms with E-state index in [1.54, 1.807) is 6.20 Å². The first-order chi connectivity index (χ1) is 15.5. The lowest BCUT2D eigenvalue weighted by Gasteiger charge is -2.40. The summed E-state index contributed by atoms with van der Waals surface area (Å²) >= 11 is 14.3. The maximum atomic E-state index is 6.64. The molecule has 1 aromatic carbocycles. The summed E-state index contributed by atoms with van der Waals surface area (Å²) in [6.07, 6.45) is 9.39. The largest absolute Gasteiger partial charge is 0.310 e. The van der Waals surface area contributed by atoms with Crippen molar-refractivity contribution in [3.05, 3.63) is 76.4 Å². The highest BCUT2D eigenvalue weighted by Gasteiger charge is 2.33. The van der Waals surface area contributed by atoms with E-state index in [4.69, 9.17) is 28.2 Å². The topological polar surface area (TPSA) is 53.9 Å². The van der Waals surface area contributed by atoms with Gasteiger partial charge in [-0.1, -0.05) is 35.3 Å². The van der Waals surface area contributed by atoms with Crippen molar-refractivity contribution < 1.29 is 0 Å². The molecule has 5 nitrogen and oxygen atoms in total. The molecule has 1 fully saturated rings. The molecule has 3 atom stereocenters. The monoisotopic (exact) mass is 487 g/mol. The number of rotatable bonds is 7. The van der Waals surface area contributed by atoms with Gasteiger partial charge in [0.1, 0.15) is 12.1 Å². The van der Waals surface area contributed by atoms with Gasteiger partial charge in [-0.05, 0) is 93.4 Å². The zero-order valence-corrected chi connectivity index (χ0v) is 20.5. The lowest BCUT2D eigenvalue weighted by Crippen LogP contribution is -2.40. The van der Waals surface area contributed by atoms with E-state index >= 15 is 0 Å². The summed E-state index contributed by atoms with van der Waals surface area (Å²) < 4.78 is 3.19. The van der Waals surface area contributed by atoms with Crippen LogP contribution in [-0.2, 0) is 6.42 Å². The molecular formula is C24H27Cl2N5S. The van der Waals surface area contributed by atoms with E-state index in [-0.39, 0.29) is 0 Å². The van der Waals surface area contributed by atoms with Crippen molar-refractivity contribution in [3.63, 3.8) is 0 Å². The first-order valence-corrected chi connectivity index (χ1v) is 12.3. The van der Waals surface area contributed by atoms with E-state index in [0.717, 1.165) is 47.1 Å². The van der Waals surface area contributed by atoms with Gasteiger partial charge in [0.15, 0.2) is 0 Å². The summed E-state index contributed by atoms with van der Waals surface area (Å²) in [5, 5.41) is 1.53. The van der Waals surface area contributed by atoms with Crippen LogP contribution in [0.25, 0.3) is 0 Å². The number of anilines is 1. The summed E-state index contributed by atoms with van der Waals surface area (Å²) in [5.41, 5.74) is 2.31. The van der Waals surface area contributed by atoms with E-state index in [0.29, 0.717) is 22.9 Å². The van der Waals surface area contributed by atoms with Crippen molar-refractivity contribution in [3.8, 4) is 0 Å². The fourth-order valence-electron chi connectivity index (χ4n) is 4.51. The third-order valence-corrected chi connectivity index (χ3v) is 7.48. The highest BCUT2D eigenvalue weighted by Crippen LogP contribution is 2.40. The standard InChI is InChI=1S/C24H27Cl2N5S/c1-31(2)23-12-17(16-4-3-5-19(25)10-16)6-7-18(23)11-22-21(26)13-20(14-28-22)32-30-24-8-9-27-15-29-24/h3-5,8-10,13-15,17-18,23H,6-7,11-12H2,1-2H3,(H,27,29,30)/t17?,18-,23?/m1/s1. The molecule has 0 aliphatic heterocycles. The molecule has 1 saturated carbocycles. The van der Waals surface area contributed by atoms with Gasteiger partial charge in [-0.25, -0.2) is 9.97 Å². The number of hydrogen-bond donors (Lipinski definition) is 1. The molecular weight excluding hydrogens is 461 g/mol. The van der Waals surface area contributed by atoms with E-state index in [1.165, 1.54) is 23.8 Å². The summed E-state index contributed by atoms with van der Waals surface area (Å²) in [7, 11) is 4.34. The zero-order valence-electron chi connectivity index (χ0n) is 18.2. The highest BCUT2D eigenvalue weighted by atomic mass is 35.5. The van der Waals surface area contributed by atoms with Gasteiger partial charge in [0.25, 0.3) is 0 Å². The Morgan fingerprint density at radius 2 is 2.00 bits per heavy atom. The average molecular weight is 488 g/mol. The van der Waals surface area contributed by atoms with Crippen molar-refractivity contribution in [2.24, 2.45) is 5.92 Å². The Kier molecular flexibility index (Phi) is 7.89. The number of nitrogens with zero attached hydrogens (tertiary/aromatic N) is 4. The second-order valence-electron chi connectivity index (χ2n) is 8.46. The van der Waals surface area contributed by atoms with Crippen LogP contribution in [-0.4, -0.2) is 40.0 Å². The van der Waals surface area contributed by atoms with Gasteiger partial charge in [-0.2, -0.15) is 0 Å². The summed E-state index contributed by atoms with van der Waals surface area (Å²) in [5.74, 6) is 1.80. The number of benzene rings is 1. The van der Waals surface area contributed by atoms with Crippen molar-refractivity contribution in [1.82, 2.24) is 19.9 Å². The molecule has 1 aliphatic rings. The fraction of sp³-hybridized carbons (Fsp3) is 0.375. The Labute approximate surface area is 204 Å². The average Bonchev–Trinajstić information content (AvgIpc) is 2.80. The van der Waals surface area contributed by atoms with E-state index in [9.17, 15) is 0 Å². The molecule has 168 valence electrons. The highest BCUT2D eigenvalue weighted by molar-refractivity contribution is 8.00. The Morgan fingerprint density at radius 1 is 1.12 bits per heavy atom. The first kappa shape index (κ1) is 23.3. The second kappa shape index (κ2) is 10.8. The van der Waals surface area contributed by atoms with Crippen molar-refractivity contribution in [2.75, 3.05) is 18.8 Å². The quantitative estimate of drug-likeness (QED) is 0.391. The molecule has 4 rings (SSSR count). The van der Waals surface area contributed by atoms with Gasteiger partial charge in [0.05, 0.1) is 10.7 Å². The van der Waals surface area contributed by atoms with Gasteiger partial charge in [-0.3, -0.25) is 4.98 Å². The van der Waals surface area contributed by atoms with Crippen LogP contribution in [0.1, 0.15) is 36.4 Å². The maximum absolute atomic E-state index is 6.64. The minimum atomic E-state index is 0.471. The molecule has 0 spiro atoms. The number of aromatic nitrogens is 3. The van der Waals surface area contributed by atoms with E-state index in [1.807, 2.05) is 24.4 Å². The molecule has 0 bridgehead atoms. The van der Waals surface area contributed by atoms with E-state index < -0.39 is 0 Å². The van der Waals surface area contributed by atoms with Crippen LogP contribution < -0.4 is 4.72 Å². The minimum Gasteiger partial charge on any atom is -0.310 e. The molecule has 2 heterocycles. The summed E-state index contributed by atoms with van der Waals surface area (Å²) in [4.78, 5) is 16.1. The van der Waals surface area contributed by atoms with Gasteiger partial charge in [0.2, 0.25) is 0 Å². The third kappa shape index (κ3) is 5.93. The Bertz CT molecular complexity index is 1030. The maximum Gasteiger partial charge on any atom is 0.139 e. The SMILES string of the molecule is CN(C)C1CC(c2cccc(Cl)c2)CC[C@@H]1Cc1ncc(SNc2ccncn2)cc1Cl. The fourth-order valence-corrected chi connectivity index (χ4v) is 5.64. The van der Waals surface area contributed by atoms with Crippen molar-refractivity contribution in [1.29, 1.82) is 0 Å². The number of nitrogens with one attached hydrogen (secondary N) is 1. The summed E-state index contributed by atoms with van der Waals surface area (Å²) in [6.45, 7) is 0. The Hall–Kier alpha value is -1.86. The third-order valence-electron chi connectivity index (χ3n) is 6.14. The predicted octanol–water partition coefficient (Wildman–Crippen LogP) is 6.35. The van der Waals surface area contributed by atoms with Crippen LogP contribution >= 0.6 is 35.1 Å². The Morgan fingerprint density at radius 3 is 2.72 bits per heavy atom. The van der Waals surface area contributed by atoms with Gasteiger partial charge >= 0.3 is 0 Å². The van der Waals surface area contributed by atoms with Gasteiger partial charge in [0, 0.05) is 28.4 Å². The van der Waals surface area contributed by atoms with Crippen LogP contribution in [0.15, 0.2) is 60.0 Å². The van der Waals surface area contributed by atoms with Gasteiger partial charge in [-0.15, -0.1) is 0 Å². The van der Waals surface area contributed by atoms with Crippen LogP contribution in [0.3, 0.4) is 0 Å². The van der Waals surface area contributed by atoms with Crippen LogP contribution in [0.4, 0.5) is 5.82 Å². The Balaban J connectivity index is 1.41. The number of halogens is 2. The predicted molar refractivity (Wildman–Crippen MR) is 133 cm³/mol. The molecule has 1 N–H and O–H groups in total. The lowest BCUT2D eigenvalue weighted by molar-refractivity contribution is 0.141. The van der Waals surface area contributed by atoms with Crippen LogP contribution in [0.2, 0.25) is 10.0 Å². The molecule has 0 radical (unpaired) electrons. The lowest BCUT2D eigenvalue weighted by atomic mass is 9.73. The number of hydrogen-bond acceptors (Lipinski definition) is 6. The smallest absolute Gasteiger partial charge is 0.139 e. The zero-order chi connectivity index (χ0) is 22.5. The van der Waals surface area contributed by atoms with Crippen LogP contribution in [0, 0.1) is 5.92 Å². The molecule has 32 heavy (non-hydrogen) atoms. The van der Waals surface area contributed by atoms with Crippen molar-refractivity contribution >= 4 is 41.0 Å². The summed E-state index contributed by atoms with van der Waals surface area (Å²) in [6, 6.07) is 12.6. The second-order valence-corrected chi connectivity index (χ2v) is 10.2. The molecule has 3 aromatic rings. The molecule has 2 unspecified atom stereocenters. The minimum absolute atomic E-state index is 0.471. The molecule has 2 aromatic heterocycles. The molecule has 8 heteroatoms. The van der Waals surface area contributed by atoms with Crippen LogP contribution in [0.5, 0.6) is 0 Å². The van der Waals surface area contributed by atoms with E-state index in [2.05, 4.69) is 51.9 Å². The normalized spacial score (nSPS) is 21.0. The molecule has 1 aliphatic carbocycles.